The van der Waals surface area contributed by atoms with E-state index in [4.69, 9.17) is 4.98 Å². The predicted octanol–water partition coefficient (Wildman–Crippen LogP) is 1.38. The normalized spacial score (nSPS) is 20.0. The molecule has 0 bridgehead atoms. The zero-order valence-corrected chi connectivity index (χ0v) is 14.3. The predicted molar refractivity (Wildman–Crippen MR) is 92.8 cm³/mol. The third kappa shape index (κ3) is 2.92. The van der Waals surface area contributed by atoms with Crippen LogP contribution in [-0.2, 0) is 24.2 Å². The van der Waals surface area contributed by atoms with Crippen molar-refractivity contribution in [1.82, 2.24) is 19.9 Å². The second kappa shape index (κ2) is 6.34. The van der Waals surface area contributed by atoms with Gasteiger partial charge in [-0.2, -0.15) is 4.98 Å². The molecular formula is C17H22N6O2. The summed E-state index contributed by atoms with van der Waals surface area (Å²) in [4.78, 5) is 32.6. The Kier molecular flexibility index (Phi) is 4.03. The number of hydrogen-bond donors (Lipinski definition) is 2. The van der Waals surface area contributed by atoms with Crippen LogP contribution in [0.2, 0.25) is 0 Å². The second-order valence-electron chi connectivity index (χ2n) is 6.58. The molecule has 0 aromatic carbocycles. The van der Waals surface area contributed by atoms with E-state index in [2.05, 4.69) is 26.8 Å². The standard InChI is InChI=1S/C17H22N6O2/c1-2-11-7-15(21-17(20-11)22-5-3-4-6-22)23-9-13-12(18-10-19-13)8-14(23)16(24)25/h7,10,14H,2-6,8-9H2,1H3,(H,18,19)(H,24,25)/t14-/m1/s1. The maximum absolute atomic E-state index is 11.8. The Morgan fingerprint density at radius 2 is 2.16 bits per heavy atom. The number of H-pyrrole nitrogens is 1. The first-order chi connectivity index (χ1) is 12.2. The molecule has 1 fully saturated rings. The number of nitrogens with zero attached hydrogens (tertiary/aromatic N) is 5. The van der Waals surface area contributed by atoms with Crippen LogP contribution in [-0.4, -0.2) is 50.1 Å². The number of aryl methyl sites for hydroxylation is 1. The molecule has 0 aliphatic carbocycles. The van der Waals surface area contributed by atoms with Gasteiger partial charge in [-0.25, -0.2) is 14.8 Å². The van der Waals surface area contributed by atoms with E-state index in [1.54, 1.807) is 6.33 Å². The number of carbonyl (C=O) groups is 1. The second-order valence-corrected chi connectivity index (χ2v) is 6.58. The van der Waals surface area contributed by atoms with Crippen molar-refractivity contribution in [3.05, 3.63) is 29.5 Å². The van der Waals surface area contributed by atoms with Crippen LogP contribution in [0.15, 0.2) is 12.4 Å². The average molecular weight is 342 g/mol. The molecule has 0 unspecified atom stereocenters. The van der Waals surface area contributed by atoms with Gasteiger partial charge in [0.05, 0.1) is 24.3 Å². The van der Waals surface area contributed by atoms with Gasteiger partial charge >= 0.3 is 5.97 Å². The van der Waals surface area contributed by atoms with E-state index in [1.165, 1.54) is 0 Å². The highest BCUT2D eigenvalue weighted by Gasteiger charge is 2.34. The lowest BCUT2D eigenvalue weighted by Crippen LogP contribution is -2.46. The summed E-state index contributed by atoms with van der Waals surface area (Å²) in [6.07, 6.45) is 5.08. The first-order valence-corrected chi connectivity index (χ1v) is 8.79. The van der Waals surface area contributed by atoms with E-state index in [-0.39, 0.29) is 0 Å². The third-order valence-corrected chi connectivity index (χ3v) is 4.98. The van der Waals surface area contributed by atoms with Gasteiger partial charge in [0.2, 0.25) is 5.95 Å². The number of anilines is 2. The van der Waals surface area contributed by atoms with Gasteiger partial charge in [0.1, 0.15) is 11.9 Å². The van der Waals surface area contributed by atoms with Crippen molar-refractivity contribution in [2.75, 3.05) is 22.9 Å². The van der Waals surface area contributed by atoms with Crippen LogP contribution in [0.3, 0.4) is 0 Å². The van der Waals surface area contributed by atoms with Gasteiger partial charge in [-0.1, -0.05) is 6.92 Å². The van der Waals surface area contributed by atoms with Crippen molar-refractivity contribution in [2.24, 2.45) is 0 Å². The summed E-state index contributed by atoms with van der Waals surface area (Å²) in [5, 5.41) is 9.71. The first kappa shape index (κ1) is 15.9. The molecule has 4 rings (SSSR count). The number of carboxylic acids is 1. The zero-order chi connectivity index (χ0) is 17.4. The SMILES string of the molecule is CCc1cc(N2Cc3[nH]cnc3C[C@@H]2C(=O)O)nc(N2CCCC2)n1. The fraction of sp³-hybridized carbons (Fsp3) is 0.529. The van der Waals surface area contributed by atoms with E-state index >= 15 is 0 Å². The van der Waals surface area contributed by atoms with E-state index in [9.17, 15) is 9.90 Å². The zero-order valence-electron chi connectivity index (χ0n) is 14.3. The maximum Gasteiger partial charge on any atom is 0.326 e. The minimum atomic E-state index is -0.854. The Bertz CT molecular complexity index is 783. The highest BCUT2D eigenvalue weighted by molar-refractivity contribution is 5.79. The van der Waals surface area contributed by atoms with Gasteiger partial charge in [-0.15, -0.1) is 0 Å². The number of carboxylic acid groups (broad SMARTS) is 1. The molecule has 25 heavy (non-hydrogen) atoms. The van der Waals surface area contributed by atoms with Crippen LogP contribution >= 0.6 is 0 Å². The molecule has 8 heteroatoms. The lowest BCUT2D eigenvalue weighted by atomic mass is 10.0. The van der Waals surface area contributed by atoms with Gasteiger partial charge in [0.15, 0.2) is 0 Å². The van der Waals surface area contributed by atoms with Crippen molar-refractivity contribution in [2.45, 2.75) is 45.2 Å². The van der Waals surface area contributed by atoms with Crippen LogP contribution in [0.5, 0.6) is 0 Å². The Morgan fingerprint density at radius 3 is 2.88 bits per heavy atom. The third-order valence-electron chi connectivity index (χ3n) is 4.98. The van der Waals surface area contributed by atoms with Gasteiger partial charge in [0, 0.05) is 31.3 Å². The quantitative estimate of drug-likeness (QED) is 0.866. The van der Waals surface area contributed by atoms with Crippen LogP contribution < -0.4 is 9.80 Å². The van der Waals surface area contributed by atoms with Gasteiger partial charge in [-0.05, 0) is 19.3 Å². The number of aromatic amines is 1. The monoisotopic (exact) mass is 342 g/mol. The van der Waals surface area contributed by atoms with Gasteiger partial charge < -0.3 is 19.9 Å². The summed E-state index contributed by atoms with van der Waals surface area (Å²) in [5.41, 5.74) is 2.72. The molecule has 0 amide bonds. The fourth-order valence-corrected chi connectivity index (χ4v) is 3.55. The number of rotatable bonds is 4. The first-order valence-electron chi connectivity index (χ1n) is 8.79. The van der Waals surface area contributed by atoms with E-state index in [0.717, 1.165) is 49.4 Å². The van der Waals surface area contributed by atoms with Crippen molar-refractivity contribution in [1.29, 1.82) is 0 Å². The van der Waals surface area contributed by atoms with Crippen molar-refractivity contribution < 1.29 is 9.90 Å². The van der Waals surface area contributed by atoms with E-state index < -0.39 is 12.0 Å². The summed E-state index contributed by atoms with van der Waals surface area (Å²) in [7, 11) is 0. The molecular weight excluding hydrogens is 320 g/mol. The van der Waals surface area contributed by atoms with Crippen molar-refractivity contribution in [3.8, 4) is 0 Å². The molecule has 2 aromatic heterocycles. The minimum absolute atomic E-state index is 0.374. The maximum atomic E-state index is 11.8. The molecule has 2 aromatic rings. The number of aromatic nitrogens is 4. The molecule has 4 heterocycles. The lowest BCUT2D eigenvalue weighted by molar-refractivity contribution is -0.138. The highest BCUT2D eigenvalue weighted by atomic mass is 16.4. The Balaban J connectivity index is 1.73. The van der Waals surface area contributed by atoms with Crippen LogP contribution in [0.4, 0.5) is 11.8 Å². The minimum Gasteiger partial charge on any atom is -0.480 e. The van der Waals surface area contributed by atoms with Crippen molar-refractivity contribution >= 4 is 17.7 Å². The summed E-state index contributed by atoms with van der Waals surface area (Å²) < 4.78 is 0. The van der Waals surface area contributed by atoms with Gasteiger partial charge in [0.25, 0.3) is 0 Å². The molecule has 132 valence electrons. The smallest absolute Gasteiger partial charge is 0.326 e. The number of hydrogen-bond acceptors (Lipinski definition) is 6. The average Bonchev–Trinajstić information content (AvgIpc) is 3.31. The number of nitrogens with one attached hydrogen (secondary N) is 1. The molecule has 2 aliphatic heterocycles. The van der Waals surface area contributed by atoms with Gasteiger partial charge in [-0.3, -0.25) is 0 Å². The molecule has 0 radical (unpaired) electrons. The molecule has 0 saturated carbocycles. The Morgan fingerprint density at radius 1 is 1.36 bits per heavy atom. The highest BCUT2D eigenvalue weighted by Crippen LogP contribution is 2.28. The van der Waals surface area contributed by atoms with Crippen LogP contribution in [0, 0.1) is 0 Å². The van der Waals surface area contributed by atoms with Crippen LogP contribution in [0.1, 0.15) is 36.8 Å². The largest absolute Gasteiger partial charge is 0.480 e. The Labute approximate surface area is 145 Å². The number of fused-ring (bicyclic) bond motifs is 1. The number of imidazole rings is 1. The van der Waals surface area contributed by atoms with E-state index in [1.807, 2.05) is 11.0 Å². The molecule has 8 nitrogen and oxygen atoms in total. The summed E-state index contributed by atoms with van der Waals surface area (Å²) in [6.45, 7) is 4.43. The molecule has 0 spiro atoms. The summed E-state index contributed by atoms with van der Waals surface area (Å²) in [6, 6.07) is 1.25. The summed E-state index contributed by atoms with van der Waals surface area (Å²) >= 11 is 0. The van der Waals surface area contributed by atoms with Crippen molar-refractivity contribution in [3.63, 3.8) is 0 Å². The molecule has 1 saturated heterocycles. The molecule has 1 atom stereocenters. The number of aliphatic carboxylic acids is 1. The molecule has 2 N–H and O–H groups in total. The molecule has 2 aliphatic rings. The summed E-state index contributed by atoms with van der Waals surface area (Å²) in [5.74, 6) is 0.542. The van der Waals surface area contributed by atoms with Crippen LogP contribution in [0.25, 0.3) is 0 Å². The topological polar surface area (TPSA) is 98.2 Å². The van der Waals surface area contributed by atoms with E-state index in [0.29, 0.717) is 24.7 Å². The fourth-order valence-electron chi connectivity index (χ4n) is 3.55. The Hall–Kier alpha value is -2.64. The lowest BCUT2D eigenvalue weighted by Gasteiger charge is -2.33.